The molecule has 3 rings (SSSR count). The Bertz CT molecular complexity index is 814. The van der Waals surface area contributed by atoms with Crippen LogP contribution in [0.5, 0.6) is 11.5 Å². The third-order valence-corrected chi connectivity index (χ3v) is 4.87. The van der Waals surface area contributed by atoms with Gasteiger partial charge < -0.3 is 25.3 Å². The second kappa shape index (κ2) is 11.9. The molecule has 0 radical (unpaired) electrons. The largest absolute Gasteiger partial charge is 0.493 e. The number of rotatable bonds is 8. The highest BCUT2D eigenvalue weighted by atomic mass is 127. The lowest BCUT2D eigenvalue weighted by molar-refractivity contribution is 0.0403. The molecular formula is C22H30IN3O3. The van der Waals surface area contributed by atoms with Gasteiger partial charge in [0, 0.05) is 24.9 Å². The van der Waals surface area contributed by atoms with E-state index in [0.717, 1.165) is 24.9 Å². The second-order valence-electron chi connectivity index (χ2n) is 6.77. The quantitative estimate of drug-likeness (QED) is 0.236. The molecule has 0 aromatic heterocycles. The van der Waals surface area contributed by atoms with Gasteiger partial charge in [0.25, 0.3) is 0 Å². The van der Waals surface area contributed by atoms with Crippen molar-refractivity contribution < 1.29 is 14.2 Å². The summed E-state index contributed by atoms with van der Waals surface area (Å²) in [7, 11) is 3.21. The van der Waals surface area contributed by atoms with Crippen molar-refractivity contribution in [1.29, 1.82) is 0 Å². The number of halogens is 1. The van der Waals surface area contributed by atoms with Crippen LogP contribution in [0.2, 0.25) is 0 Å². The van der Waals surface area contributed by atoms with E-state index in [4.69, 9.17) is 19.9 Å². The van der Waals surface area contributed by atoms with Gasteiger partial charge in [-0.25, -0.2) is 0 Å². The van der Waals surface area contributed by atoms with Crippen LogP contribution in [0.3, 0.4) is 0 Å². The number of guanidine groups is 1. The molecule has 0 fully saturated rings. The number of nitrogens with zero attached hydrogens (tertiary/aromatic N) is 1. The first-order valence-electron chi connectivity index (χ1n) is 9.69. The Morgan fingerprint density at radius 3 is 2.72 bits per heavy atom. The molecule has 0 bridgehead atoms. The molecule has 0 aliphatic heterocycles. The number of ether oxygens (including phenoxy) is 3. The first-order chi connectivity index (χ1) is 13.7. The Balaban J connectivity index is 0.00000300. The molecule has 3 N–H and O–H groups in total. The van der Waals surface area contributed by atoms with Crippen molar-refractivity contribution in [3.8, 4) is 11.5 Å². The van der Waals surface area contributed by atoms with Gasteiger partial charge in [-0.3, -0.25) is 4.99 Å². The molecule has 7 heteroatoms. The molecule has 0 saturated carbocycles. The molecule has 1 aliphatic rings. The number of benzene rings is 2. The van der Waals surface area contributed by atoms with Gasteiger partial charge in [0.2, 0.25) is 0 Å². The Morgan fingerprint density at radius 2 is 1.93 bits per heavy atom. The molecule has 158 valence electrons. The summed E-state index contributed by atoms with van der Waals surface area (Å²) in [5, 5.41) is 3.07. The summed E-state index contributed by atoms with van der Waals surface area (Å²) >= 11 is 0. The van der Waals surface area contributed by atoms with E-state index >= 15 is 0 Å². The molecule has 29 heavy (non-hydrogen) atoms. The minimum absolute atomic E-state index is 0. The van der Waals surface area contributed by atoms with Gasteiger partial charge in [0.15, 0.2) is 17.5 Å². The number of aliphatic imine (C=N–C) groups is 1. The Morgan fingerprint density at radius 1 is 1.14 bits per heavy atom. The van der Waals surface area contributed by atoms with Gasteiger partial charge in [-0.2, -0.15) is 0 Å². The van der Waals surface area contributed by atoms with Crippen LogP contribution in [0, 0.1) is 0 Å². The van der Waals surface area contributed by atoms with E-state index in [0.29, 0.717) is 30.6 Å². The SMILES string of the molecule is COc1ccc(NC(N)=NCCCOC2CCCc3ccccc32)cc1OC.I. The summed E-state index contributed by atoms with van der Waals surface area (Å²) < 4.78 is 16.6. The lowest BCUT2D eigenvalue weighted by Crippen LogP contribution is -2.23. The molecule has 6 nitrogen and oxygen atoms in total. The molecule has 1 aliphatic carbocycles. The van der Waals surface area contributed by atoms with Crippen LogP contribution in [0.4, 0.5) is 5.69 Å². The smallest absolute Gasteiger partial charge is 0.193 e. The molecule has 2 aromatic rings. The molecule has 0 heterocycles. The molecule has 0 spiro atoms. The average Bonchev–Trinajstić information content (AvgIpc) is 2.73. The van der Waals surface area contributed by atoms with E-state index in [1.807, 2.05) is 18.2 Å². The highest BCUT2D eigenvalue weighted by Gasteiger charge is 2.19. The minimum atomic E-state index is 0. The third kappa shape index (κ3) is 6.50. The van der Waals surface area contributed by atoms with Crippen LogP contribution in [-0.2, 0) is 11.2 Å². The van der Waals surface area contributed by atoms with Crippen LogP contribution in [0.15, 0.2) is 47.5 Å². The monoisotopic (exact) mass is 511 g/mol. The lowest BCUT2D eigenvalue weighted by Gasteiger charge is -2.25. The van der Waals surface area contributed by atoms with Crippen LogP contribution in [0.25, 0.3) is 0 Å². The second-order valence-corrected chi connectivity index (χ2v) is 6.77. The van der Waals surface area contributed by atoms with Crippen molar-refractivity contribution in [2.75, 3.05) is 32.7 Å². The van der Waals surface area contributed by atoms with Crippen molar-refractivity contribution in [1.82, 2.24) is 0 Å². The number of hydrogen-bond donors (Lipinski definition) is 2. The van der Waals surface area contributed by atoms with Crippen molar-refractivity contribution in [3.05, 3.63) is 53.6 Å². The van der Waals surface area contributed by atoms with Gasteiger partial charge in [0.1, 0.15) is 0 Å². The number of nitrogens with two attached hydrogens (primary N) is 1. The third-order valence-electron chi connectivity index (χ3n) is 4.87. The predicted octanol–water partition coefficient (Wildman–Crippen LogP) is 4.53. The Labute approximate surface area is 189 Å². The fourth-order valence-electron chi connectivity index (χ4n) is 3.47. The molecular weight excluding hydrogens is 481 g/mol. The van der Waals surface area contributed by atoms with Gasteiger partial charge >= 0.3 is 0 Å². The maximum absolute atomic E-state index is 6.10. The molecule has 1 unspecified atom stereocenters. The average molecular weight is 511 g/mol. The van der Waals surface area contributed by atoms with E-state index in [2.05, 4.69) is 34.6 Å². The zero-order valence-electron chi connectivity index (χ0n) is 17.0. The standard InChI is InChI=1S/C22H29N3O3.HI/c1-26-20-12-11-17(15-21(20)27-2)25-22(23)24-13-6-14-28-19-10-5-8-16-7-3-4-9-18(16)19;/h3-4,7,9,11-12,15,19H,5-6,8,10,13-14H2,1-2H3,(H3,23,24,25);1H. The fourth-order valence-corrected chi connectivity index (χ4v) is 3.47. The van der Waals surface area contributed by atoms with Gasteiger partial charge in [-0.15, -0.1) is 24.0 Å². The van der Waals surface area contributed by atoms with Gasteiger partial charge in [-0.05, 0) is 48.9 Å². The summed E-state index contributed by atoms with van der Waals surface area (Å²) in [5.74, 6) is 1.68. The number of nitrogens with one attached hydrogen (secondary N) is 1. The predicted molar refractivity (Wildman–Crippen MR) is 128 cm³/mol. The highest BCUT2D eigenvalue weighted by Crippen LogP contribution is 2.32. The number of hydrogen-bond acceptors (Lipinski definition) is 4. The topological polar surface area (TPSA) is 78.1 Å². The maximum atomic E-state index is 6.10. The van der Waals surface area contributed by atoms with Crippen LogP contribution < -0.4 is 20.5 Å². The summed E-state index contributed by atoms with van der Waals surface area (Å²) in [5.41, 5.74) is 9.54. The van der Waals surface area contributed by atoms with Crippen molar-refractivity contribution in [2.45, 2.75) is 31.8 Å². The number of fused-ring (bicyclic) bond motifs is 1. The minimum Gasteiger partial charge on any atom is -0.493 e. The van der Waals surface area contributed by atoms with Crippen molar-refractivity contribution in [3.63, 3.8) is 0 Å². The molecule has 2 aromatic carbocycles. The van der Waals surface area contributed by atoms with Crippen molar-refractivity contribution in [2.24, 2.45) is 10.7 Å². The highest BCUT2D eigenvalue weighted by molar-refractivity contribution is 14.0. The van der Waals surface area contributed by atoms with E-state index in [1.54, 1.807) is 14.2 Å². The first kappa shape index (κ1) is 23.3. The van der Waals surface area contributed by atoms with E-state index in [1.165, 1.54) is 17.5 Å². The summed E-state index contributed by atoms with van der Waals surface area (Å²) in [4.78, 5) is 4.38. The van der Waals surface area contributed by atoms with E-state index in [9.17, 15) is 0 Å². The maximum Gasteiger partial charge on any atom is 0.193 e. The summed E-state index contributed by atoms with van der Waals surface area (Å²) in [6.45, 7) is 1.28. The fraction of sp³-hybridized carbons (Fsp3) is 0.409. The molecule has 1 atom stereocenters. The number of methoxy groups -OCH3 is 2. The normalized spacial score (nSPS) is 15.8. The Hall–Kier alpha value is -2.00. The van der Waals surface area contributed by atoms with Crippen molar-refractivity contribution >= 4 is 35.6 Å². The molecule has 0 amide bonds. The van der Waals surface area contributed by atoms with Gasteiger partial charge in [0.05, 0.1) is 20.3 Å². The molecule has 0 saturated heterocycles. The van der Waals surface area contributed by atoms with E-state index < -0.39 is 0 Å². The first-order valence-corrected chi connectivity index (χ1v) is 9.69. The number of aryl methyl sites for hydroxylation is 1. The number of anilines is 1. The summed E-state index contributed by atoms with van der Waals surface area (Å²) in [6.07, 6.45) is 4.45. The van der Waals surface area contributed by atoms with E-state index in [-0.39, 0.29) is 30.1 Å². The Kier molecular flexibility index (Phi) is 9.53. The van der Waals surface area contributed by atoms with Crippen LogP contribution in [-0.4, -0.2) is 33.3 Å². The van der Waals surface area contributed by atoms with Crippen LogP contribution >= 0.6 is 24.0 Å². The zero-order chi connectivity index (χ0) is 19.8. The van der Waals surface area contributed by atoms with Gasteiger partial charge in [-0.1, -0.05) is 24.3 Å². The summed E-state index contributed by atoms with van der Waals surface area (Å²) in [6, 6.07) is 14.1. The van der Waals surface area contributed by atoms with Crippen LogP contribution in [0.1, 0.15) is 36.5 Å². The lowest BCUT2D eigenvalue weighted by atomic mass is 9.89. The zero-order valence-corrected chi connectivity index (χ0v) is 19.3.